The van der Waals surface area contributed by atoms with Gasteiger partial charge in [0.15, 0.2) is 11.9 Å². The largest absolute Gasteiger partial charge is 0.464 e. The molecule has 292 valence electrons. The van der Waals surface area contributed by atoms with Crippen molar-refractivity contribution in [1.82, 2.24) is 10.2 Å². The highest BCUT2D eigenvalue weighted by Crippen LogP contribution is 2.60. The molecule has 3 unspecified atom stereocenters. The van der Waals surface area contributed by atoms with Crippen LogP contribution in [0.25, 0.3) is 0 Å². The molecule has 5 fully saturated rings. The lowest BCUT2D eigenvalue weighted by molar-refractivity contribution is -0.571. The third kappa shape index (κ3) is 9.33. The van der Waals surface area contributed by atoms with Gasteiger partial charge in [-0.05, 0) is 88.7 Å². The first-order valence-corrected chi connectivity index (χ1v) is 19.6. The molecule has 1 aromatic carbocycles. The summed E-state index contributed by atoms with van der Waals surface area (Å²) in [6, 6.07) is 3.32. The van der Waals surface area contributed by atoms with E-state index < -0.39 is 46.3 Å². The average Bonchev–Trinajstić information content (AvgIpc) is 3.30. The van der Waals surface area contributed by atoms with Gasteiger partial charge in [-0.3, -0.25) is 15.0 Å². The number of benzene rings is 1. The van der Waals surface area contributed by atoms with Crippen molar-refractivity contribution in [3.8, 4) is 0 Å². The zero-order valence-corrected chi connectivity index (χ0v) is 32.7. The Morgan fingerprint density at radius 3 is 2.50 bits per heavy atom. The molecule has 4 saturated heterocycles. The second-order valence-electron chi connectivity index (χ2n) is 16.0. The van der Waals surface area contributed by atoms with Crippen LogP contribution in [-0.2, 0) is 46.5 Å². The third-order valence-corrected chi connectivity index (χ3v) is 11.5. The molecule has 1 N–H and O–H groups in total. The zero-order valence-electron chi connectivity index (χ0n) is 31.2. The number of esters is 1. The van der Waals surface area contributed by atoms with E-state index in [0.29, 0.717) is 55.7 Å². The monoisotopic (exact) mass is 771 g/mol. The number of alkyl carbamates (subject to hydrolysis) is 1. The van der Waals surface area contributed by atoms with Gasteiger partial charge in [0.25, 0.3) is 5.69 Å². The van der Waals surface area contributed by atoms with Gasteiger partial charge in [-0.1, -0.05) is 19.9 Å². The van der Waals surface area contributed by atoms with Crippen LogP contribution in [0.2, 0.25) is 0 Å². The van der Waals surface area contributed by atoms with Crippen molar-refractivity contribution < 1.29 is 43.2 Å². The topological polar surface area (TPSA) is 148 Å². The van der Waals surface area contributed by atoms with Gasteiger partial charge in [0, 0.05) is 62.3 Å². The molecule has 0 aromatic heterocycles. The van der Waals surface area contributed by atoms with E-state index in [-0.39, 0.29) is 42.6 Å². The summed E-state index contributed by atoms with van der Waals surface area (Å²) in [6.45, 7) is 13.1. The first kappa shape index (κ1) is 40.9. The number of nitrogens with zero attached hydrogens (tertiary/aromatic N) is 2. The molecule has 1 aromatic rings. The van der Waals surface area contributed by atoms with Crippen LogP contribution in [0.4, 0.5) is 10.5 Å². The minimum absolute atomic E-state index is 0.0589. The van der Waals surface area contributed by atoms with Crippen LogP contribution < -0.4 is 5.32 Å². The average molecular weight is 773 g/mol. The van der Waals surface area contributed by atoms with Gasteiger partial charge in [-0.2, -0.15) is 0 Å². The number of nitro benzene ring substituents is 1. The number of nitrogens with one attached hydrogen (secondary N) is 1. The normalized spacial score (nSPS) is 31.7. The molecule has 1 amide bonds. The third-order valence-electron chi connectivity index (χ3n) is 11.2. The molecule has 4 aliphatic heterocycles. The molecule has 13 nitrogen and oxygen atoms in total. The van der Waals surface area contributed by atoms with Crippen LogP contribution in [-0.4, -0.2) is 88.8 Å². The van der Waals surface area contributed by atoms with E-state index in [2.05, 4.69) is 19.2 Å². The number of nitro groups is 1. The molecule has 9 atom stereocenters. The van der Waals surface area contributed by atoms with Crippen LogP contribution in [0.15, 0.2) is 18.2 Å². The first-order chi connectivity index (χ1) is 24.6. The highest BCUT2D eigenvalue weighted by Gasteiger charge is 2.69. The number of ether oxygens (including phenoxy) is 4. The Balaban J connectivity index is 1.27. The number of hydrogen-bond donors (Lipinski definition) is 1. The van der Waals surface area contributed by atoms with Crippen LogP contribution in [0, 0.1) is 33.8 Å². The highest BCUT2D eigenvalue weighted by atomic mass is 35.5. The zero-order chi connectivity index (χ0) is 37.8. The second kappa shape index (κ2) is 17.0. The number of halogens is 2. The summed E-state index contributed by atoms with van der Waals surface area (Å²) in [5, 5.41) is 14.4. The predicted molar refractivity (Wildman–Crippen MR) is 194 cm³/mol. The fraction of sp³-hybridized carbons (Fsp3) is 0.784. The van der Waals surface area contributed by atoms with Crippen LogP contribution in [0.5, 0.6) is 0 Å². The fourth-order valence-electron chi connectivity index (χ4n) is 8.55. The maximum Gasteiger partial charge on any atom is 0.408 e. The van der Waals surface area contributed by atoms with Gasteiger partial charge in [0.05, 0.1) is 17.6 Å². The highest BCUT2D eigenvalue weighted by molar-refractivity contribution is 6.18. The molecule has 2 bridgehead atoms. The van der Waals surface area contributed by atoms with Crippen LogP contribution in [0.3, 0.4) is 0 Å². The Labute approximate surface area is 316 Å². The summed E-state index contributed by atoms with van der Waals surface area (Å²) in [5.41, 5.74) is -0.351. The van der Waals surface area contributed by atoms with E-state index in [1.165, 1.54) is 12.1 Å². The van der Waals surface area contributed by atoms with Crippen molar-refractivity contribution >= 4 is 41.0 Å². The van der Waals surface area contributed by atoms with Crippen molar-refractivity contribution in [3.05, 3.63) is 39.4 Å². The smallest absolute Gasteiger partial charge is 0.408 e. The Hall–Kier alpha value is -2.26. The van der Waals surface area contributed by atoms with E-state index in [1.54, 1.807) is 26.8 Å². The molecule has 1 aliphatic carbocycles. The van der Waals surface area contributed by atoms with Gasteiger partial charge in [-0.25, -0.2) is 19.4 Å². The Morgan fingerprint density at radius 1 is 1.10 bits per heavy atom. The van der Waals surface area contributed by atoms with Crippen molar-refractivity contribution in [2.75, 3.05) is 31.5 Å². The number of non-ortho nitro benzene ring substituents is 1. The van der Waals surface area contributed by atoms with Crippen LogP contribution >= 0.6 is 23.2 Å². The van der Waals surface area contributed by atoms with Gasteiger partial charge in [-0.15, -0.1) is 23.2 Å². The van der Waals surface area contributed by atoms with E-state index in [4.69, 9.17) is 51.9 Å². The number of alkyl halides is 2. The lowest BCUT2D eigenvalue weighted by atomic mass is 9.57. The molecular formula is C37H55Cl2N3O10. The van der Waals surface area contributed by atoms with Crippen LogP contribution in [0.1, 0.15) is 91.2 Å². The number of carbonyl (C=O) groups excluding carboxylic acids is 2. The van der Waals surface area contributed by atoms with Crippen molar-refractivity contribution in [2.45, 2.75) is 128 Å². The maximum absolute atomic E-state index is 13.7. The van der Waals surface area contributed by atoms with Gasteiger partial charge in [0.1, 0.15) is 11.6 Å². The molecule has 15 heteroatoms. The summed E-state index contributed by atoms with van der Waals surface area (Å²) in [4.78, 5) is 52.1. The number of fused-ring (bicyclic) bond motifs is 2. The molecule has 52 heavy (non-hydrogen) atoms. The number of hydrogen-bond acceptors (Lipinski definition) is 11. The van der Waals surface area contributed by atoms with E-state index in [0.717, 1.165) is 31.2 Å². The number of carbonyl (C=O) groups is 2. The van der Waals surface area contributed by atoms with E-state index in [1.807, 2.05) is 11.8 Å². The molecular weight excluding hydrogens is 717 g/mol. The summed E-state index contributed by atoms with van der Waals surface area (Å²) in [5.74, 6) is 0.292. The molecule has 1 saturated carbocycles. The number of amides is 1. The summed E-state index contributed by atoms with van der Waals surface area (Å²) in [6.07, 6.45) is 3.36. The second-order valence-corrected chi connectivity index (χ2v) is 16.8. The first-order valence-electron chi connectivity index (χ1n) is 18.6. The van der Waals surface area contributed by atoms with Gasteiger partial charge < -0.3 is 24.3 Å². The number of rotatable bonds is 15. The molecule has 4 heterocycles. The van der Waals surface area contributed by atoms with Crippen molar-refractivity contribution in [3.63, 3.8) is 0 Å². The Bertz CT molecular complexity index is 1420. The minimum atomic E-state index is -1.18. The van der Waals surface area contributed by atoms with Crippen molar-refractivity contribution in [2.24, 2.45) is 23.7 Å². The van der Waals surface area contributed by atoms with E-state index >= 15 is 0 Å². The predicted octanol–water partition coefficient (Wildman–Crippen LogP) is 6.88. The van der Waals surface area contributed by atoms with E-state index in [9.17, 15) is 19.7 Å². The molecule has 0 radical (unpaired) electrons. The molecule has 1 spiro atoms. The Kier molecular flexibility index (Phi) is 13.4. The summed E-state index contributed by atoms with van der Waals surface area (Å²) >= 11 is 12.0. The summed E-state index contributed by atoms with van der Waals surface area (Å²) in [7, 11) is 0. The lowest BCUT2D eigenvalue weighted by Gasteiger charge is -2.60. The maximum atomic E-state index is 13.7. The lowest BCUT2D eigenvalue weighted by Crippen LogP contribution is -2.70. The summed E-state index contributed by atoms with van der Waals surface area (Å²) < 4.78 is 24.4. The quantitative estimate of drug-likeness (QED) is 0.0497. The fourth-order valence-corrected chi connectivity index (χ4v) is 9.03. The SMILES string of the molecule is C[C@H]1[C@@H](CCCOC(=O)[C@H](Cc2cc([N+](=O)[O-])ccc2CN(CCCl)CCCl)NC(=O)OC(C)(C)C)O[C@@H]2OC3(C)CCC4[C@H](C)CC[C@@H]1C42OO3. The van der Waals surface area contributed by atoms with Crippen molar-refractivity contribution in [1.29, 1.82) is 0 Å². The van der Waals surface area contributed by atoms with Gasteiger partial charge >= 0.3 is 12.1 Å². The minimum Gasteiger partial charge on any atom is -0.464 e. The Morgan fingerprint density at radius 2 is 1.83 bits per heavy atom. The standard InChI is InChI=1S/C37H55Cl2N3O10/c1-23-9-12-29-24(2)31(48-33-37(29)28(23)13-14-36(6,49-33)51-52-37)8-7-19-47-32(43)30(40-34(44)50-35(3,4)5)21-26-20-27(42(45)46)11-10-25(26)22-41(17-15-38)18-16-39/h10-11,20,23-24,28-31,33H,7-9,12-19,21-22H2,1-6H3,(H,40,44)/t23-,24-,28?,29+,30+,31-,33-,36?,37?/m1/s1. The molecule has 6 rings (SSSR count). The van der Waals surface area contributed by atoms with Gasteiger partial charge in [0.2, 0.25) is 5.79 Å². The molecule has 5 aliphatic rings.